The number of hydrogen-bond donors (Lipinski definition) is 1. The quantitative estimate of drug-likeness (QED) is 0.785. The Hall–Kier alpha value is -3.02. The number of ether oxygens (including phenoxy) is 2. The molecule has 0 aliphatic carbocycles. The average Bonchev–Trinajstić information content (AvgIpc) is 3.01. The van der Waals surface area contributed by atoms with Crippen LogP contribution in [-0.4, -0.2) is 29.2 Å². The lowest BCUT2D eigenvalue weighted by Crippen LogP contribution is -2.20. The zero-order valence-electron chi connectivity index (χ0n) is 12.0. The van der Waals surface area contributed by atoms with Crippen LogP contribution in [0.25, 0.3) is 5.52 Å². The van der Waals surface area contributed by atoms with Gasteiger partial charge in [-0.2, -0.15) is 5.10 Å². The molecule has 6 heteroatoms. The Kier molecular flexibility index (Phi) is 3.91. The second-order valence-corrected chi connectivity index (χ2v) is 4.63. The Morgan fingerprint density at radius 1 is 1.18 bits per heavy atom. The van der Waals surface area contributed by atoms with Gasteiger partial charge in [0.25, 0.3) is 5.91 Å². The van der Waals surface area contributed by atoms with Gasteiger partial charge in [-0.15, -0.1) is 0 Å². The van der Waals surface area contributed by atoms with Gasteiger partial charge < -0.3 is 14.8 Å². The zero-order chi connectivity index (χ0) is 15.4. The van der Waals surface area contributed by atoms with Gasteiger partial charge in [-0.05, 0) is 42.5 Å². The summed E-state index contributed by atoms with van der Waals surface area (Å²) in [5, 5.41) is 6.89. The summed E-state index contributed by atoms with van der Waals surface area (Å²) in [7, 11) is 1.60. The number of anilines is 1. The van der Waals surface area contributed by atoms with Crippen LogP contribution in [0.2, 0.25) is 0 Å². The molecule has 6 nitrogen and oxygen atoms in total. The van der Waals surface area contributed by atoms with Gasteiger partial charge in [0.1, 0.15) is 11.5 Å². The number of nitrogens with one attached hydrogen (secondary N) is 1. The van der Waals surface area contributed by atoms with E-state index in [4.69, 9.17) is 9.47 Å². The van der Waals surface area contributed by atoms with Gasteiger partial charge in [-0.25, -0.2) is 4.52 Å². The van der Waals surface area contributed by atoms with E-state index in [2.05, 4.69) is 10.4 Å². The molecule has 3 rings (SSSR count). The highest BCUT2D eigenvalue weighted by Gasteiger charge is 2.05. The molecule has 2 aromatic heterocycles. The normalized spacial score (nSPS) is 10.4. The summed E-state index contributed by atoms with van der Waals surface area (Å²) in [6.45, 7) is -0.0588. The summed E-state index contributed by atoms with van der Waals surface area (Å²) in [6, 6.07) is 12.6. The number of methoxy groups -OCH3 is 1. The third-order valence-corrected chi connectivity index (χ3v) is 3.11. The van der Waals surface area contributed by atoms with Crippen LogP contribution in [-0.2, 0) is 4.79 Å². The summed E-state index contributed by atoms with van der Waals surface area (Å²) in [5.41, 5.74) is 1.62. The highest BCUT2D eigenvalue weighted by Crippen LogP contribution is 2.17. The molecule has 0 saturated heterocycles. The number of carbonyl (C=O) groups excluding carboxylic acids is 1. The Labute approximate surface area is 127 Å². The van der Waals surface area contributed by atoms with Crippen LogP contribution in [0, 0.1) is 0 Å². The van der Waals surface area contributed by atoms with E-state index in [9.17, 15) is 4.79 Å². The number of nitrogens with zero attached hydrogens (tertiary/aromatic N) is 2. The van der Waals surface area contributed by atoms with Crippen molar-refractivity contribution in [1.82, 2.24) is 9.61 Å². The first-order valence-electron chi connectivity index (χ1n) is 6.75. The average molecular weight is 297 g/mol. The van der Waals surface area contributed by atoms with Crippen molar-refractivity contribution in [3.8, 4) is 11.5 Å². The van der Waals surface area contributed by atoms with Crippen LogP contribution in [0.1, 0.15) is 0 Å². The van der Waals surface area contributed by atoms with Gasteiger partial charge in [0.2, 0.25) is 0 Å². The third-order valence-electron chi connectivity index (χ3n) is 3.11. The molecular weight excluding hydrogens is 282 g/mol. The molecule has 1 aromatic carbocycles. The van der Waals surface area contributed by atoms with E-state index in [0.29, 0.717) is 11.4 Å². The van der Waals surface area contributed by atoms with Gasteiger partial charge >= 0.3 is 0 Å². The van der Waals surface area contributed by atoms with Crippen LogP contribution < -0.4 is 14.8 Å². The molecule has 22 heavy (non-hydrogen) atoms. The fourth-order valence-electron chi connectivity index (χ4n) is 2.02. The van der Waals surface area contributed by atoms with Crippen molar-refractivity contribution in [2.75, 3.05) is 19.0 Å². The van der Waals surface area contributed by atoms with Crippen molar-refractivity contribution in [2.24, 2.45) is 0 Å². The number of carbonyl (C=O) groups is 1. The SMILES string of the molecule is COc1ccc(OCC(=O)Nc2ccn3nccc3c2)cc1. The van der Waals surface area contributed by atoms with Crippen molar-refractivity contribution in [3.63, 3.8) is 0 Å². The molecule has 0 saturated carbocycles. The van der Waals surface area contributed by atoms with Crippen molar-refractivity contribution >= 4 is 17.1 Å². The number of pyridine rings is 1. The maximum Gasteiger partial charge on any atom is 0.262 e. The van der Waals surface area contributed by atoms with Gasteiger partial charge in [-0.1, -0.05) is 0 Å². The molecule has 0 aliphatic rings. The first-order chi connectivity index (χ1) is 10.7. The lowest BCUT2D eigenvalue weighted by Gasteiger charge is -2.08. The number of amides is 1. The number of benzene rings is 1. The van der Waals surface area contributed by atoms with Crippen LogP contribution in [0.15, 0.2) is 54.9 Å². The third kappa shape index (κ3) is 3.17. The summed E-state index contributed by atoms with van der Waals surface area (Å²) >= 11 is 0. The lowest BCUT2D eigenvalue weighted by molar-refractivity contribution is -0.118. The summed E-state index contributed by atoms with van der Waals surface area (Å²) in [6.07, 6.45) is 3.49. The fourth-order valence-corrected chi connectivity index (χ4v) is 2.02. The fraction of sp³-hybridized carbons (Fsp3) is 0.125. The van der Waals surface area contributed by atoms with E-state index in [-0.39, 0.29) is 12.5 Å². The maximum absolute atomic E-state index is 11.9. The van der Waals surface area contributed by atoms with Gasteiger partial charge in [0, 0.05) is 18.1 Å². The molecule has 1 N–H and O–H groups in total. The summed E-state index contributed by atoms with van der Waals surface area (Å²) in [5.74, 6) is 1.13. The van der Waals surface area contributed by atoms with Crippen molar-refractivity contribution in [2.45, 2.75) is 0 Å². The number of rotatable bonds is 5. The highest BCUT2D eigenvalue weighted by atomic mass is 16.5. The molecule has 0 radical (unpaired) electrons. The van der Waals surface area contributed by atoms with Gasteiger partial charge in [0.05, 0.1) is 12.6 Å². The summed E-state index contributed by atoms with van der Waals surface area (Å²) < 4.78 is 12.2. The standard InChI is InChI=1S/C16H15N3O3/c1-21-14-2-4-15(5-3-14)22-11-16(20)18-12-7-9-19-13(10-12)6-8-17-19/h2-10H,11H2,1H3,(H,18,20). The Bertz CT molecular complexity index is 781. The van der Waals surface area contributed by atoms with E-state index >= 15 is 0 Å². The molecule has 0 bridgehead atoms. The first kappa shape index (κ1) is 13.9. The molecule has 112 valence electrons. The molecule has 0 unspecified atom stereocenters. The molecular formula is C16H15N3O3. The van der Waals surface area contributed by atoms with Crippen LogP contribution in [0.3, 0.4) is 0 Å². The van der Waals surface area contributed by atoms with Crippen molar-refractivity contribution in [3.05, 3.63) is 54.9 Å². The molecule has 1 amide bonds. The van der Waals surface area contributed by atoms with Crippen molar-refractivity contribution < 1.29 is 14.3 Å². The molecule has 0 atom stereocenters. The minimum absolute atomic E-state index is 0.0588. The largest absolute Gasteiger partial charge is 0.497 e. The highest BCUT2D eigenvalue weighted by molar-refractivity contribution is 5.92. The predicted molar refractivity (Wildman–Crippen MR) is 82.3 cm³/mol. The minimum Gasteiger partial charge on any atom is -0.497 e. The Morgan fingerprint density at radius 2 is 1.95 bits per heavy atom. The van der Waals surface area contributed by atoms with E-state index in [0.717, 1.165) is 11.3 Å². The molecule has 2 heterocycles. The van der Waals surface area contributed by atoms with Crippen LogP contribution >= 0.6 is 0 Å². The topological polar surface area (TPSA) is 64.9 Å². The first-order valence-corrected chi connectivity index (χ1v) is 6.75. The van der Waals surface area contributed by atoms with E-state index < -0.39 is 0 Å². The number of aromatic nitrogens is 2. The van der Waals surface area contributed by atoms with Gasteiger partial charge in [0.15, 0.2) is 6.61 Å². The van der Waals surface area contributed by atoms with E-state index in [1.807, 2.05) is 12.1 Å². The Balaban J connectivity index is 1.57. The van der Waals surface area contributed by atoms with Crippen LogP contribution in [0.5, 0.6) is 11.5 Å². The second-order valence-electron chi connectivity index (χ2n) is 4.63. The maximum atomic E-state index is 11.9. The number of fused-ring (bicyclic) bond motifs is 1. The molecule has 0 spiro atoms. The molecule has 3 aromatic rings. The van der Waals surface area contributed by atoms with Crippen molar-refractivity contribution in [1.29, 1.82) is 0 Å². The predicted octanol–water partition coefficient (Wildman–Crippen LogP) is 2.36. The molecule has 0 fully saturated rings. The number of hydrogen-bond acceptors (Lipinski definition) is 4. The van der Waals surface area contributed by atoms with E-state index in [1.54, 1.807) is 54.4 Å². The van der Waals surface area contributed by atoms with E-state index in [1.165, 1.54) is 0 Å². The smallest absolute Gasteiger partial charge is 0.262 e. The lowest BCUT2D eigenvalue weighted by atomic mass is 10.3. The monoisotopic (exact) mass is 297 g/mol. The second kappa shape index (κ2) is 6.17. The van der Waals surface area contributed by atoms with Gasteiger partial charge in [-0.3, -0.25) is 4.79 Å². The summed E-state index contributed by atoms with van der Waals surface area (Å²) in [4.78, 5) is 11.9. The zero-order valence-corrected chi connectivity index (χ0v) is 12.0. The minimum atomic E-state index is -0.223. The molecule has 0 aliphatic heterocycles. The Morgan fingerprint density at radius 3 is 2.73 bits per heavy atom. The van der Waals surface area contributed by atoms with Crippen LogP contribution in [0.4, 0.5) is 5.69 Å².